The van der Waals surface area contributed by atoms with Gasteiger partial charge in [0.25, 0.3) is 29.2 Å². The summed E-state index contributed by atoms with van der Waals surface area (Å²) in [6, 6.07) is 34.5. The summed E-state index contributed by atoms with van der Waals surface area (Å²) >= 11 is 12.2. The number of H-pyrrole nitrogens is 1. The number of carbonyl (C=O) groups excluding carboxylic acids is 4. The second-order valence-electron chi connectivity index (χ2n) is 17.9. The van der Waals surface area contributed by atoms with Crippen molar-refractivity contribution in [3.63, 3.8) is 0 Å². The fraction of sp³-hybridized carbons (Fsp3) is 0.309. The molecule has 4 heterocycles. The fourth-order valence-electron chi connectivity index (χ4n) is 9.17. The van der Waals surface area contributed by atoms with E-state index in [0.717, 1.165) is 51.8 Å². The molecule has 2 fully saturated rings. The minimum absolute atomic E-state index is 0.205. The highest BCUT2D eigenvalue weighted by Gasteiger charge is 2.40. The fourth-order valence-corrected chi connectivity index (χ4v) is 9.56. The van der Waals surface area contributed by atoms with Crippen LogP contribution in [-0.2, 0) is 19.2 Å². The molecule has 0 unspecified atom stereocenters. The Bertz CT molecular complexity index is 2940. The Hall–Kier alpha value is -6.92. The molecule has 0 bridgehead atoms. The molecule has 4 amide bonds. The smallest absolute Gasteiger partial charge is 0.255 e. The molecule has 8 atom stereocenters. The van der Waals surface area contributed by atoms with Crippen molar-refractivity contribution in [2.45, 2.75) is 88.1 Å². The van der Waals surface area contributed by atoms with E-state index in [1.165, 1.54) is 9.80 Å². The zero-order chi connectivity index (χ0) is 52.3. The number of carbonyl (C=O) groups is 4. The molecular weight excluding hydrogens is 976 g/mol. The summed E-state index contributed by atoms with van der Waals surface area (Å²) in [6.45, 7) is 4.31. The molecule has 73 heavy (non-hydrogen) atoms. The van der Waals surface area contributed by atoms with Gasteiger partial charge in [0, 0.05) is 46.7 Å². The maximum atomic E-state index is 13.0. The van der Waals surface area contributed by atoms with Crippen molar-refractivity contribution in [3.8, 4) is 28.1 Å². The summed E-state index contributed by atoms with van der Waals surface area (Å²) in [7, 11) is 1.56. The van der Waals surface area contributed by atoms with E-state index in [-0.39, 0.29) is 17.6 Å². The quantitative estimate of drug-likeness (QED) is 0.0577. The molecule has 2 aliphatic rings. The lowest BCUT2D eigenvalue weighted by molar-refractivity contribution is -0.154. The highest BCUT2D eigenvalue weighted by Crippen LogP contribution is 2.36. The monoisotopic (exact) mass is 1030 g/mol. The zero-order valence-corrected chi connectivity index (χ0v) is 41.9. The Labute approximate surface area is 432 Å². The highest BCUT2D eigenvalue weighted by atomic mass is 35.5. The number of halogens is 2. The molecule has 16 nitrogen and oxygen atoms in total. The van der Waals surface area contributed by atoms with Crippen molar-refractivity contribution in [1.29, 1.82) is 0 Å². The Morgan fingerprint density at radius 2 is 1.08 bits per heavy atom. The summed E-state index contributed by atoms with van der Waals surface area (Å²) in [6.07, 6.45) is -1.52. The molecule has 382 valence electrons. The number of aliphatic hydroxyl groups is 4. The molecule has 18 heteroatoms. The van der Waals surface area contributed by atoms with Gasteiger partial charge >= 0.3 is 0 Å². The van der Waals surface area contributed by atoms with Crippen molar-refractivity contribution in [2.24, 2.45) is 0 Å². The largest absolute Gasteiger partial charge is 0.481 e. The number of hydrogen-bond acceptors (Lipinski definition) is 11. The van der Waals surface area contributed by atoms with Gasteiger partial charge in [0.15, 0.2) is 24.4 Å². The van der Waals surface area contributed by atoms with Crippen molar-refractivity contribution < 1.29 is 44.3 Å². The van der Waals surface area contributed by atoms with E-state index < -0.39 is 60.1 Å². The summed E-state index contributed by atoms with van der Waals surface area (Å²) < 4.78 is 5.32. The van der Waals surface area contributed by atoms with Crippen LogP contribution in [0.2, 0.25) is 10.0 Å². The summed E-state index contributed by atoms with van der Waals surface area (Å²) in [4.78, 5) is 73.2. The molecule has 4 aromatic carbocycles. The van der Waals surface area contributed by atoms with Crippen LogP contribution in [0.15, 0.2) is 139 Å². The average molecular weight is 1030 g/mol. The van der Waals surface area contributed by atoms with Crippen LogP contribution in [-0.4, -0.2) is 108 Å². The molecule has 2 aliphatic heterocycles. The molecule has 7 N–H and O–H groups in total. The van der Waals surface area contributed by atoms with E-state index >= 15 is 0 Å². The summed E-state index contributed by atoms with van der Waals surface area (Å²) in [5, 5.41) is 48.5. The lowest BCUT2D eigenvalue weighted by Crippen LogP contribution is -2.50. The van der Waals surface area contributed by atoms with Gasteiger partial charge in [-0.25, -0.2) is 4.98 Å². The van der Waals surface area contributed by atoms with Gasteiger partial charge in [-0.15, -0.1) is 0 Å². The van der Waals surface area contributed by atoms with E-state index in [0.29, 0.717) is 47.4 Å². The highest BCUT2D eigenvalue weighted by molar-refractivity contribution is 6.31. The van der Waals surface area contributed by atoms with E-state index in [9.17, 15) is 44.4 Å². The number of nitrogens with zero attached hydrogens (tertiary/aromatic N) is 3. The van der Waals surface area contributed by atoms with Crippen LogP contribution in [0.1, 0.15) is 86.0 Å². The predicted molar refractivity (Wildman–Crippen MR) is 276 cm³/mol. The summed E-state index contributed by atoms with van der Waals surface area (Å²) in [5.74, 6) is -2.57. The second-order valence-corrected chi connectivity index (χ2v) is 18.8. The third-order valence-electron chi connectivity index (χ3n) is 13.1. The van der Waals surface area contributed by atoms with Gasteiger partial charge in [0.1, 0.15) is 0 Å². The average Bonchev–Trinajstić information content (AvgIpc) is 4.12. The SMILES string of the molecule is COc1ncccc1-c1ccc([C@@H](C)NC(=O)[C@H](O)[C@@H](O)C(=O)N2CCC[C@@H]2c2cccc(Cl)c2)cc1.C[C@@H](NC(=O)[C@H](O)[C@@H](O)C(=O)N1CCC[C@@H]1c1cccc(Cl)c1)c1ccc(-c2ccc[nH]c2=O)cc1. The lowest BCUT2D eigenvalue weighted by atomic mass is 10.0. The van der Waals surface area contributed by atoms with Crippen LogP contribution in [0.3, 0.4) is 0 Å². The number of benzene rings is 4. The number of rotatable bonds is 15. The van der Waals surface area contributed by atoms with Crippen LogP contribution in [0.25, 0.3) is 22.3 Å². The van der Waals surface area contributed by atoms with Crippen molar-refractivity contribution in [3.05, 3.63) is 176 Å². The number of likely N-dealkylation sites (tertiary alicyclic amines) is 2. The van der Waals surface area contributed by atoms with E-state index in [2.05, 4.69) is 20.6 Å². The van der Waals surface area contributed by atoms with Crippen LogP contribution in [0.4, 0.5) is 0 Å². The first kappa shape index (κ1) is 53.9. The molecular formula is C55H58Cl2N6O10. The zero-order valence-electron chi connectivity index (χ0n) is 40.4. The van der Waals surface area contributed by atoms with Crippen LogP contribution in [0.5, 0.6) is 5.88 Å². The maximum Gasteiger partial charge on any atom is 0.255 e. The number of nitrogens with one attached hydrogen (secondary N) is 3. The minimum atomic E-state index is -1.93. The van der Waals surface area contributed by atoms with Gasteiger partial charge in [0.2, 0.25) is 5.88 Å². The number of ether oxygens (including phenoxy) is 1. The Balaban J connectivity index is 0.000000214. The number of aromatic amines is 1. The van der Waals surface area contributed by atoms with Gasteiger partial charge in [-0.2, -0.15) is 0 Å². The molecule has 2 aromatic heterocycles. The van der Waals surface area contributed by atoms with Crippen molar-refractivity contribution in [1.82, 2.24) is 30.4 Å². The topological polar surface area (TPSA) is 235 Å². The Kier molecular flexibility index (Phi) is 18.2. The predicted octanol–water partition coefficient (Wildman–Crippen LogP) is 6.63. The van der Waals surface area contributed by atoms with Crippen LogP contribution < -0.4 is 20.9 Å². The lowest BCUT2D eigenvalue weighted by Gasteiger charge is -2.29. The molecule has 0 spiro atoms. The first-order valence-electron chi connectivity index (χ1n) is 23.9. The second kappa shape index (κ2) is 24.7. The van der Waals surface area contributed by atoms with E-state index in [1.54, 1.807) is 106 Å². The maximum absolute atomic E-state index is 13.0. The first-order chi connectivity index (χ1) is 35.1. The summed E-state index contributed by atoms with van der Waals surface area (Å²) in [5.41, 5.74) is 5.98. The molecule has 6 aromatic rings. The van der Waals surface area contributed by atoms with Crippen molar-refractivity contribution >= 4 is 46.8 Å². The number of pyridine rings is 2. The third-order valence-corrected chi connectivity index (χ3v) is 13.6. The molecule has 0 radical (unpaired) electrons. The number of methoxy groups -OCH3 is 1. The molecule has 0 aliphatic carbocycles. The first-order valence-corrected chi connectivity index (χ1v) is 24.6. The van der Waals surface area contributed by atoms with Gasteiger partial charge < -0.3 is 50.6 Å². The standard InChI is InChI=1S/C28H30ClN3O5.C27H28ClN3O5/c1-17(18-10-12-19(13-11-18)22-8-4-14-30-27(22)37-2)31-26(35)24(33)25(34)28(36)32-15-5-9-23(32)20-6-3-7-21(29)16-20;1-16(17-9-11-18(12-10-17)21-7-3-13-29-25(21)34)30-26(35)23(32)24(33)27(36)31-14-4-8-22(31)19-5-2-6-20(28)15-19/h3-4,6-8,10-14,16-17,23-25,33-34H,5,9,15H2,1-2H3,(H,31,35);2-3,5-7,9-13,15-16,22-24,32-33H,4,8,14H2,1H3,(H,29,34)(H,30,35)/t17-,23-,24-,25-;16-,22-,23-,24-/m11/s1. The number of aromatic nitrogens is 2. The van der Waals surface area contributed by atoms with Gasteiger partial charge in [-0.05, 0) is 121 Å². The molecule has 8 rings (SSSR count). The van der Waals surface area contributed by atoms with Crippen LogP contribution in [0, 0.1) is 0 Å². The minimum Gasteiger partial charge on any atom is -0.481 e. The normalized spacial score (nSPS) is 17.8. The number of aliphatic hydroxyl groups excluding tert-OH is 4. The molecule has 2 saturated heterocycles. The van der Waals surface area contributed by atoms with Crippen molar-refractivity contribution in [2.75, 3.05) is 20.2 Å². The Morgan fingerprint density at radius 1 is 0.630 bits per heavy atom. The molecule has 0 saturated carbocycles. The van der Waals surface area contributed by atoms with Crippen LogP contribution >= 0.6 is 23.2 Å². The number of hydrogen-bond donors (Lipinski definition) is 7. The van der Waals surface area contributed by atoms with Gasteiger partial charge in [-0.3, -0.25) is 24.0 Å². The van der Waals surface area contributed by atoms with Gasteiger partial charge in [-0.1, -0.05) is 96.0 Å². The third kappa shape index (κ3) is 13.0. The van der Waals surface area contributed by atoms with E-state index in [1.807, 2.05) is 48.5 Å². The number of amides is 4. The van der Waals surface area contributed by atoms with Gasteiger partial charge in [0.05, 0.1) is 31.3 Å². The van der Waals surface area contributed by atoms with E-state index in [4.69, 9.17) is 27.9 Å². The Morgan fingerprint density at radius 3 is 1.52 bits per heavy atom.